The van der Waals surface area contributed by atoms with Crippen molar-refractivity contribution in [2.75, 3.05) is 7.11 Å². The van der Waals surface area contributed by atoms with E-state index in [1.54, 1.807) is 12.1 Å². The van der Waals surface area contributed by atoms with Crippen molar-refractivity contribution in [2.24, 2.45) is 0 Å². The molecule has 1 aromatic rings. The minimum atomic E-state index is -3.59. The van der Waals surface area contributed by atoms with Crippen molar-refractivity contribution in [3.05, 3.63) is 23.8 Å². The summed E-state index contributed by atoms with van der Waals surface area (Å²) in [6.45, 7) is 6.16. The second-order valence-electron chi connectivity index (χ2n) is 6.50. The van der Waals surface area contributed by atoms with Gasteiger partial charge in [0.15, 0.2) is 0 Å². The highest BCUT2D eigenvalue weighted by atomic mass is 32.2. The third-order valence-electron chi connectivity index (χ3n) is 3.13. The molecule has 6 heteroatoms. The highest BCUT2D eigenvalue weighted by Crippen LogP contribution is 2.27. The maximum Gasteiger partial charge on any atom is 0.244 e. The Morgan fingerprint density at radius 3 is 2.48 bits per heavy atom. The maximum absolute atomic E-state index is 12.4. The first-order chi connectivity index (χ1) is 9.71. The van der Waals surface area contributed by atoms with Crippen LogP contribution in [0.1, 0.15) is 39.2 Å². The van der Waals surface area contributed by atoms with Crippen LogP contribution in [0.15, 0.2) is 23.1 Å². The Hall–Kier alpha value is -1.11. The third kappa shape index (κ3) is 4.69. The molecule has 2 rings (SSSR count). The lowest BCUT2D eigenvalue weighted by Gasteiger charge is -2.21. The van der Waals surface area contributed by atoms with Crippen LogP contribution >= 0.6 is 0 Å². The summed E-state index contributed by atoms with van der Waals surface area (Å²) in [5.74, 6) is 0.377. The zero-order valence-corrected chi connectivity index (χ0v) is 13.9. The van der Waals surface area contributed by atoms with Crippen LogP contribution in [0.25, 0.3) is 0 Å². The molecule has 21 heavy (non-hydrogen) atoms. The summed E-state index contributed by atoms with van der Waals surface area (Å²) in [6.07, 6.45) is 2.44. The van der Waals surface area contributed by atoms with Gasteiger partial charge in [-0.25, -0.2) is 13.1 Å². The van der Waals surface area contributed by atoms with Gasteiger partial charge >= 0.3 is 0 Å². The van der Waals surface area contributed by atoms with E-state index in [2.05, 4.69) is 10.0 Å². The van der Waals surface area contributed by atoms with E-state index in [1.807, 2.05) is 26.8 Å². The fourth-order valence-electron chi connectivity index (χ4n) is 2.05. The van der Waals surface area contributed by atoms with Crippen LogP contribution in [0, 0.1) is 0 Å². The van der Waals surface area contributed by atoms with Crippen molar-refractivity contribution in [1.82, 2.24) is 10.0 Å². The van der Waals surface area contributed by atoms with Crippen LogP contribution in [0.4, 0.5) is 0 Å². The normalized spacial score (nSPS) is 16.0. The monoisotopic (exact) mass is 312 g/mol. The lowest BCUT2D eigenvalue weighted by Crippen LogP contribution is -2.40. The predicted octanol–water partition coefficient (Wildman–Crippen LogP) is 2.02. The lowest BCUT2D eigenvalue weighted by molar-refractivity contribution is 0.400. The summed E-state index contributed by atoms with van der Waals surface area (Å²) < 4.78 is 32.7. The molecule has 1 saturated carbocycles. The molecule has 0 radical (unpaired) electrons. The van der Waals surface area contributed by atoms with Crippen molar-refractivity contribution in [1.29, 1.82) is 0 Å². The van der Waals surface area contributed by atoms with Gasteiger partial charge < -0.3 is 10.1 Å². The number of nitrogens with one attached hydrogen (secondary N) is 2. The smallest absolute Gasteiger partial charge is 0.244 e. The molecular formula is C15H24N2O3S. The average Bonchev–Trinajstić information content (AvgIpc) is 3.17. The highest BCUT2D eigenvalue weighted by molar-refractivity contribution is 7.89. The SMILES string of the molecule is COc1cc(CNC2CC2)ccc1S(=O)(=O)NC(C)(C)C. The first kappa shape index (κ1) is 16.3. The van der Waals surface area contributed by atoms with Crippen molar-refractivity contribution in [2.45, 2.75) is 56.6 Å². The molecule has 0 aliphatic heterocycles. The Kier molecular flexibility index (Phi) is 4.60. The van der Waals surface area contributed by atoms with Gasteiger partial charge in [0.05, 0.1) is 7.11 Å². The number of methoxy groups -OCH3 is 1. The second-order valence-corrected chi connectivity index (χ2v) is 8.15. The van der Waals surface area contributed by atoms with Gasteiger partial charge in [-0.1, -0.05) is 6.07 Å². The number of ether oxygens (including phenoxy) is 1. The van der Waals surface area contributed by atoms with Crippen LogP contribution in [-0.2, 0) is 16.6 Å². The molecule has 0 heterocycles. The molecule has 0 saturated heterocycles. The van der Waals surface area contributed by atoms with Crippen LogP contribution in [0.2, 0.25) is 0 Å². The summed E-state index contributed by atoms with van der Waals surface area (Å²) in [5.41, 5.74) is 0.490. The molecule has 1 fully saturated rings. The van der Waals surface area contributed by atoms with Gasteiger partial charge in [-0.2, -0.15) is 0 Å². The van der Waals surface area contributed by atoms with Gasteiger partial charge in [0, 0.05) is 18.1 Å². The van der Waals surface area contributed by atoms with Gasteiger partial charge in [0.1, 0.15) is 10.6 Å². The quantitative estimate of drug-likeness (QED) is 0.843. The molecule has 5 nitrogen and oxygen atoms in total. The molecule has 2 N–H and O–H groups in total. The molecule has 0 aromatic heterocycles. The topological polar surface area (TPSA) is 67.4 Å². The van der Waals surface area contributed by atoms with E-state index in [-0.39, 0.29) is 4.90 Å². The Labute approximate surface area is 127 Å². The maximum atomic E-state index is 12.4. The van der Waals surface area contributed by atoms with E-state index in [9.17, 15) is 8.42 Å². The summed E-state index contributed by atoms with van der Waals surface area (Å²) >= 11 is 0. The molecule has 0 atom stereocenters. The van der Waals surface area contributed by atoms with Crippen LogP contribution in [0.3, 0.4) is 0 Å². The second kappa shape index (κ2) is 5.94. The number of hydrogen-bond donors (Lipinski definition) is 2. The molecule has 1 aliphatic rings. The van der Waals surface area contributed by atoms with Gasteiger partial charge in [-0.05, 0) is 51.3 Å². The Bertz CT molecular complexity index is 602. The van der Waals surface area contributed by atoms with Crippen molar-refractivity contribution < 1.29 is 13.2 Å². The Balaban J connectivity index is 2.22. The van der Waals surface area contributed by atoms with Crippen molar-refractivity contribution >= 4 is 10.0 Å². The first-order valence-corrected chi connectivity index (χ1v) is 8.64. The summed E-state index contributed by atoms with van der Waals surface area (Å²) in [6, 6.07) is 5.83. The van der Waals surface area contributed by atoms with Crippen LogP contribution < -0.4 is 14.8 Å². The summed E-state index contributed by atoms with van der Waals surface area (Å²) in [7, 11) is -2.10. The minimum absolute atomic E-state index is 0.176. The first-order valence-electron chi connectivity index (χ1n) is 7.15. The van der Waals surface area contributed by atoms with Gasteiger partial charge in [-0.3, -0.25) is 0 Å². The number of rotatable bonds is 6. The zero-order valence-electron chi connectivity index (χ0n) is 13.1. The van der Waals surface area contributed by atoms with E-state index >= 15 is 0 Å². The molecule has 0 unspecified atom stereocenters. The van der Waals surface area contributed by atoms with E-state index in [1.165, 1.54) is 20.0 Å². The predicted molar refractivity (Wildman–Crippen MR) is 82.9 cm³/mol. The molecule has 1 aliphatic carbocycles. The van der Waals surface area contributed by atoms with E-state index in [4.69, 9.17) is 4.74 Å². The van der Waals surface area contributed by atoms with Crippen LogP contribution in [-0.4, -0.2) is 27.1 Å². The molecule has 0 bridgehead atoms. The minimum Gasteiger partial charge on any atom is -0.495 e. The van der Waals surface area contributed by atoms with Crippen molar-refractivity contribution in [3.63, 3.8) is 0 Å². The van der Waals surface area contributed by atoms with E-state index in [0.29, 0.717) is 11.8 Å². The average molecular weight is 312 g/mol. The van der Waals surface area contributed by atoms with Crippen molar-refractivity contribution in [3.8, 4) is 5.75 Å². The zero-order chi connectivity index (χ0) is 15.7. The molecule has 1 aromatic carbocycles. The fraction of sp³-hybridized carbons (Fsp3) is 0.600. The molecule has 118 valence electrons. The number of hydrogen-bond acceptors (Lipinski definition) is 4. The summed E-state index contributed by atoms with van der Waals surface area (Å²) in [5, 5.41) is 3.40. The van der Waals surface area contributed by atoms with Gasteiger partial charge in [0.25, 0.3) is 0 Å². The van der Waals surface area contributed by atoms with Crippen LogP contribution in [0.5, 0.6) is 5.75 Å². The Morgan fingerprint density at radius 1 is 1.29 bits per heavy atom. The number of benzene rings is 1. The number of sulfonamides is 1. The molecule has 0 spiro atoms. The lowest BCUT2D eigenvalue weighted by atomic mass is 10.1. The van der Waals surface area contributed by atoms with Gasteiger partial charge in [-0.15, -0.1) is 0 Å². The van der Waals surface area contributed by atoms with Gasteiger partial charge in [0.2, 0.25) is 10.0 Å². The molecular weight excluding hydrogens is 288 g/mol. The third-order valence-corrected chi connectivity index (χ3v) is 4.93. The largest absolute Gasteiger partial charge is 0.495 e. The molecule has 0 amide bonds. The Morgan fingerprint density at radius 2 is 1.95 bits per heavy atom. The highest BCUT2D eigenvalue weighted by Gasteiger charge is 2.25. The standard InChI is InChI=1S/C15H24N2O3S/c1-15(2,3)17-21(18,19)14-8-5-11(9-13(14)20-4)10-16-12-6-7-12/h5,8-9,12,16-17H,6-7,10H2,1-4H3. The van der Waals surface area contributed by atoms with E-state index in [0.717, 1.165) is 12.1 Å². The fourth-order valence-corrected chi connectivity index (χ4v) is 3.62. The van der Waals surface area contributed by atoms with E-state index < -0.39 is 15.6 Å². The summed E-state index contributed by atoms with van der Waals surface area (Å²) in [4.78, 5) is 0.176.